The summed E-state index contributed by atoms with van der Waals surface area (Å²) in [7, 11) is 1.55. The van der Waals surface area contributed by atoms with E-state index < -0.39 is 5.91 Å². The van der Waals surface area contributed by atoms with E-state index in [-0.39, 0.29) is 12.5 Å². The van der Waals surface area contributed by atoms with Crippen molar-refractivity contribution in [3.8, 4) is 0 Å². The molecular formula is C11H14N2O3. The van der Waals surface area contributed by atoms with E-state index in [1.54, 1.807) is 25.3 Å². The minimum Gasteiger partial charge on any atom is -0.380 e. The van der Waals surface area contributed by atoms with Crippen LogP contribution in [-0.2, 0) is 16.1 Å². The van der Waals surface area contributed by atoms with Crippen molar-refractivity contribution in [1.82, 2.24) is 5.32 Å². The molecule has 1 aromatic carbocycles. The van der Waals surface area contributed by atoms with Gasteiger partial charge in [0, 0.05) is 12.7 Å². The zero-order valence-electron chi connectivity index (χ0n) is 9.03. The molecule has 0 saturated heterocycles. The van der Waals surface area contributed by atoms with Crippen molar-refractivity contribution in [3.63, 3.8) is 0 Å². The van der Waals surface area contributed by atoms with E-state index in [1.807, 2.05) is 6.07 Å². The van der Waals surface area contributed by atoms with Gasteiger partial charge in [0.25, 0.3) is 5.91 Å². The van der Waals surface area contributed by atoms with Crippen LogP contribution in [0.25, 0.3) is 0 Å². The van der Waals surface area contributed by atoms with Crippen LogP contribution in [0.15, 0.2) is 24.3 Å². The molecule has 0 aliphatic heterocycles. The number of hydrogen-bond donors (Lipinski definition) is 2. The number of rotatable bonds is 5. The number of methoxy groups -OCH3 is 1. The normalized spacial score (nSPS) is 9.81. The number of carbonyl (C=O) groups excluding carboxylic acids is 2. The predicted octanol–water partition coefficient (Wildman–Crippen LogP) is 0.0481. The van der Waals surface area contributed by atoms with Gasteiger partial charge in [-0.05, 0) is 11.6 Å². The Hall–Kier alpha value is -1.88. The SMILES string of the molecule is COCc1ccccc1C(=O)NCC(N)=O. The Morgan fingerprint density at radius 1 is 1.38 bits per heavy atom. The summed E-state index contributed by atoms with van der Waals surface area (Å²) in [6.45, 7) is 0.181. The molecule has 2 amide bonds. The number of amides is 2. The summed E-state index contributed by atoms with van der Waals surface area (Å²) in [6, 6.07) is 7.03. The number of ether oxygens (including phenoxy) is 1. The van der Waals surface area contributed by atoms with E-state index in [4.69, 9.17) is 10.5 Å². The highest BCUT2D eigenvalue weighted by Gasteiger charge is 2.10. The van der Waals surface area contributed by atoms with Crippen molar-refractivity contribution >= 4 is 11.8 Å². The first kappa shape index (κ1) is 12.2. The summed E-state index contributed by atoms with van der Waals surface area (Å²) in [5.41, 5.74) is 6.20. The molecule has 0 spiro atoms. The Labute approximate surface area is 93.6 Å². The molecular weight excluding hydrogens is 208 g/mol. The topological polar surface area (TPSA) is 81.4 Å². The summed E-state index contributed by atoms with van der Waals surface area (Å²) in [4.78, 5) is 22.2. The van der Waals surface area contributed by atoms with Gasteiger partial charge < -0.3 is 15.8 Å². The van der Waals surface area contributed by atoms with Gasteiger partial charge in [0.2, 0.25) is 5.91 Å². The highest BCUT2D eigenvalue weighted by Crippen LogP contribution is 2.09. The maximum absolute atomic E-state index is 11.7. The van der Waals surface area contributed by atoms with Gasteiger partial charge in [-0.3, -0.25) is 9.59 Å². The Morgan fingerprint density at radius 3 is 2.69 bits per heavy atom. The average Bonchev–Trinajstić information content (AvgIpc) is 2.27. The molecule has 0 bridgehead atoms. The molecule has 1 rings (SSSR count). The van der Waals surface area contributed by atoms with Crippen LogP contribution in [0.2, 0.25) is 0 Å². The van der Waals surface area contributed by atoms with Crippen molar-refractivity contribution in [2.24, 2.45) is 5.73 Å². The van der Waals surface area contributed by atoms with Crippen LogP contribution in [0, 0.1) is 0 Å². The van der Waals surface area contributed by atoms with Gasteiger partial charge >= 0.3 is 0 Å². The minimum absolute atomic E-state index is 0.167. The molecule has 3 N–H and O–H groups in total. The fraction of sp³-hybridized carbons (Fsp3) is 0.273. The molecule has 16 heavy (non-hydrogen) atoms. The molecule has 0 unspecified atom stereocenters. The molecule has 0 atom stereocenters. The molecule has 0 saturated carbocycles. The van der Waals surface area contributed by atoms with Crippen LogP contribution in [0.1, 0.15) is 15.9 Å². The molecule has 0 radical (unpaired) electrons. The third-order valence-electron chi connectivity index (χ3n) is 1.99. The summed E-state index contributed by atoms with van der Waals surface area (Å²) in [5, 5.41) is 2.43. The van der Waals surface area contributed by atoms with Crippen LogP contribution in [0.4, 0.5) is 0 Å². The largest absolute Gasteiger partial charge is 0.380 e. The van der Waals surface area contributed by atoms with Gasteiger partial charge in [-0.15, -0.1) is 0 Å². The van der Waals surface area contributed by atoms with E-state index in [9.17, 15) is 9.59 Å². The van der Waals surface area contributed by atoms with Crippen LogP contribution in [0.5, 0.6) is 0 Å². The monoisotopic (exact) mass is 222 g/mol. The van der Waals surface area contributed by atoms with Gasteiger partial charge in [-0.25, -0.2) is 0 Å². The minimum atomic E-state index is -0.572. The first-order valence-corrected chi connectivity index (χ1v) is 4.78. The van der Waals surface area contributed by atoms with Crippen molar-refractivity contribution in [2.75, 3.05) is 13.7 Å². The fourth-order valence-corrected chi connectivity index (χ4v) is 1.29. The molecule has 5 heteroatoms. The first-order chi connectivity index (χ1) is 7.65. The number of benzene rings is 1. The second-order valence-electron chi connectivity index (χ2n) is 3.24. The van der Waals surface area contributed by atoms with Crippen molar-refractivity contribution in [1.29, 1.82) is 0 Å². The standard InChI is InChI=1S/C11H14N2O3/c1-16-7-8-4-2-3-5-9(8)11(15)13-6-10(12)14/h2-5H,6-7H2,1H3,(H2,12,14)(H,13,15). The Morgan fingerprint density at radius 2 is 2.06 bits per heavy atom. The van der Waals surface area contributed by atoms with E-state index in [0.29, 0.717) is 12.2 Å². The van der Waals surface area contributed by atoms with Crippen molar-refractivity contribution in [3.05, 3.63) is 35.4 Å². The molecule has 0 heterocycles. The van der Waals surface area contributed by atoms with E-state index in [2.05, 4.69) is 5.32 Å². The smallest absolute Gasteiger partial charge is 0.252 e. The summed E-state index contributed by atoms with van der Waals surface area (Å²) >= 11 is 0. The molecule has 5 nitrogen and oxygen atoms in total. The van der Waals surface area contributed by atoms with E-state index >= 15 is 0 Å². The lowest BCUT2D eigenvalue weighted by atomic mass is 10.1. The maximum Gasteiger partial charge on any atom is 0.252 e. The maximum atomic E-state index is 11.7. The number of hydrogen-bond acceptors (Lipinski definition) is 3. The van der Waals surface area contributed by atoms with Gasteiger partial charge in [0.05, 0.1) is 13.2 Å². The number of carbonyl (C=O) groups is 2. The molecule has 86 valence electrons. The second kappa shape index (κ2) is 5.87. The zero-order valence-corrected chi connectivity index (χ0v) is 9.03. The molecule has 0 aliphatic rings. The molecule has 0 aliphatic carbocycles. The van der Waals surface area contributed by atoms with Gasteiger partial charge in [-0.2, -0.15) is 0 Å². The summed E-state index contributed by atoms with van der Waals surface area (Å²) in [5.74, 6) is -0.899. The molecule has 1 aromatic rings. The number of primary amides is 1. The lowest BCUT2D eigenvalue weighted by Crippen LogP contribution is -2.33. The van der Waals surface area contributed by atoms with E-state index in [1.165, 1.54) is 0 Å². The molecule has 0 fully saturated rings. The average molecular weight is 222 g/mol. The van der Waals surface area contributed by atoms with E-state index in [0.717, 1.165) is 5.56 Å². The zero-order chi connectivity index (χ0) is 12.0. The Bertz CT molecular complexity index is 391. The highest BCUT2D eigenvalue weighted by molar-refractivity contribution is 5.97. The second-order valence-corrected chi connectivity index (χ2v) is 3.24. The third kappa shape index (κ3) is 3.36. The van der Waals surface area contributed by atoms with Gasteiger partial charge in [0.1, 0.15) is 0 Å². The third-order valence-corrected chi connectivity index (χ3v) is 1.99. The lowest BCUT2D eigenvalue weighted by molar-refractivity contribution is -0.117. The van der Waals surface area contributed by atoms with Crippen molar-refractivity contribution in [2.45, 2.75) is 6.61 Å². The fourth-order valence-electron chi connectivity index (χ4n) is 1.29. The predicted molar refractivity (Wildman–Crippen MR) is 58.7 cm³/mol. The van der Waals surface area contributed by atoms with Gasteiger partial charge in [0.15, 0.2) is 0 Å². The van der Waals surface area contributed by atoms with Crippen LogP contribution in [0.3, 0.4) is 0 Å². The van der Waals surface area contributed by atoms with Gasteiger partial charge in [-0.1, -0.05) is 18.2 Å². The lowest BCUT2D eigenvalue weighted by Gasteiger charge is -2.08. The van der Waals surface area contributed by atoms with Crippen LogP contribution in [-0.4, -0.2) is 25.5 Å². The quantitative estimate of drug-likeness (QED) is 0.738. The first-order valence-electron chi connectivity index (χ1n) is 4.78. The highest BCUT2D eigenvalue weighted by atomic mass is 16.5. The van der Waals surface area contributed by atoms with Crippen molar-refractivity contribution < 1.29 is 14.3 Å². The Balaban J connectivity index is 2.77. The number of nitrogens with two attached hydrogens (primary N) is 1. The summed E-state index contributed by atoms with van der Waals surface area (Å²) < 4.78 is 4.97. The number of nitrogens with one attached hydrogen (secondary N) is 1. The summed E-state index contributed by atoms with van der Waals surface area (Å²) in [6.07, 6.45) is 0. The van der Waals surface area contributed by atoms with Crippen LogP contribution >= 0.6 is 0 Å². The van der Waals surface area contributed by atoms with Crippen LogP contribution < -0.4 is 11.1 Å². The Kier molecular flexibility index (Phi) is 4.47. The molecule has 0 aromatic heterocycles.